The standard InChI is InChI=1S/C17H14N3O2/c1-22-14-10-8-13(9-11-14)20(21)17-7-4-6-16(19-17)15-5-2-3-12-18-15/h2-12H,1H3. The van der Waals surface area contributed by atoms with Gasteiger partial charge in [0.2, 0.25) is 0 Å². The van der Waals surface area contributed by atoms with Gasteiger partial charge in [-0.05, 0) is 48.5 Å². The minimum absolute atomic E-state index is 0.313. The number of rotatable bonds is 4. The predicted octanol–water partition coefficient (Wildman–Crippen LogP) is 3.64. The van der Waals surface area contributed by atoms with Crippen LogP contribution in [0.1, 0.15) is 0 Å². The third kappa shape index (κ3) is 2.89. The zero-order valence-corrected chi connectivity index (χ0v) is 12.0. The molecule has 1 aromatic carbocycles. The summed E-state index contributed by atoms with van der Waals surface area (Å²) in [7, 11) is 1.59. The van der Waals surface area contributed by atoms with Crippen molar-refractivity contribution in [3.05, 3.63) is 66.9 Å². The summed E-state index contributed by atoms with van der Waals surface area (Å²) in [4.78, 5) is 8.63. The Morgan fingerprint density at radius 3 is 2.36 bits per heavy atom. The van der Waals surface area contributed by atoms with E-state index in [1.165, 1.54) is 0 Å². The molecule has 0 N–H and O–H groups in total. The highest BCUT2D eigenvalue weighted by Crippen LogP contribution is 2.26. The largest absolute Gasteiger partial charge is 0.497 e. The zero-order valence-electron chi connectivity index (χ0n) is 12.0. The van der Waals surface area contributed by atoms with Gasteiger partial charge in [-0.25, -0.2) is 4.98 Å². The van der Waals surface area contributed by atoms with Crippen molar-refractivity contribution in [1.29, 1.82) is 0 Å². The number of pyridine rings is 2. The number of ether oxygens (including phenoxy) is 1. The number of aromatic nitrogens is 2. The molecule has 3 rings (SSSR count). The van der Waals surface area contributed by atoms with Gasteiger partial charge < -0.3 is 4.74 Å². The first-order chi connectivity index (χ1) is 10.8. The molecule has 0 amide bonds. The molecule has 3 aromatic rings. The third-order valence-corrected chi connectivity index (χ3v) is 3.18. The Bertz CT molecular complexity index is 745. The van der Waals surface area contributed by atoms with Crippen LogP contribution in [0.5, 0.6) is 5.75 Å². The number of nitrogens with zero attached hydrogens (tertiary/aromatic N) is 3. The van der Waals surface area contributed by atoms with E-state index in [0.29, 0.717) is 22.9 Å². The van der Waals surface area contributed by atoms with Crippen molar-refractivity contribution in [1.82, 2.24) is 9.97 Å². The van der Waals surface area contributed by atoms with Crippen LogP contribution in [0.25, 0.3) is 11.4 Å². The first-order valence-corrected chi connectivity index (χ1v) is 6.78. The summed E-state index contributed by atoms with van der Waals surface area (Å²) in [5.41, 5.74) is 1.88. The average molecular weight is 292 g/mol. The van der Waals surface area contributed by atoms with Crippen molar-refractivity contribution in [2.24, 2.45) is 0 Å². The molecule has 0 unspecified atom stereocenters. The molecule has 22 heavy (non-hydrogen) atoms. The van der Waals surface area contributed by atoms with E-state index in [9.17, 15) is 5.21 Å². The molecular formula is C17H14N3O2. The molecular weight excluding hydrogens is 278 g/mol. The Morgan fingerprint density at radius 2 is 1.68 bits per heavy atom. The lowest BCUT2D eigenvalue weighted by atomic mass is 10.2. The van der Waals surface area contributed by atoms with E-state index in [1.54, 1.807) is 49.7 Å². The minimum Gasteiger partial charge on any atom is -0.497 e. The summed E-state index contributed by atoms with van der Waals surface area (Å²) in [5, 5.41) is 13.2. The fourth-order valence-electron chi connectivity index (χ4n) is 2.04. The normalized spacial score (nSPS) is 10.3. The summed E-state index contributed by atoms with van der Waals surface area (Å²) in [6.45, 7) is 0. The van der Waals surface area contributed by atoms with Crippen molar-refractivity contribution in [3.63, 3.8) is 0 Å². The van der Waals surface area contributed by atoms with E-state index in [2.05, 4.69) is 9.97 Å². The number of benzene rings is 1. The van der Waals surface area contributed by atoms with Gasteiger partial charge in [0, 0.05) is 6.20 Å². The molecule has 0 bridgehead atoms. The molecule has 2 aromatic heterocycles. The summed E-state index contributed by atoms with van der Waals surface area (Å²) in [6, 6.07) is 17.7. The maximum atomic E-state index is 12.4. The second-order valence-electron chi connectivity index (χ2n) is 4.59. The van der Waals surface area contributed by atoms with E-state index < -0.39 is 0 Å². The molecule has 0 saturated heterocycles. The fourth-order valence-corrected chi connectivity index (χ4v) is 2.04. The van der Waals surface area contributed by atoms with Gasteiger partial charge in [0.05, 0.1) is 24.2 Å². The van der Waals surface area contributed by atoms with Crippen molar-refractivity contribution in [2.45, 2.75) is 0 Å². The van der Waals surface area contributed by atoms with Crippen LogP contribution in [0.2, 0.25) is 0 Å². The maximum Gasteiger partial charge on any atom is 0.161 e. The van der Waals surface area contributed by atoms with Crippen LogP contribution >= 0.6 is 0 Å². The predicted molar refractivity (Wildman–Crippen MR) is 83.3 cm³/mol. The van der Waals surface area contributed by atoms with Crippen LogP contribution in [0.3, 0.4) is 0 Å². The second-order valence-corrected chi connectivity index (χ2v) is 4.59. The van der Waals surface area contributed by atoms with Gasteiger partial charge in [-0.2, -0.15) is 5.06 Å². The van der Waals surface area contributed by atoms with E-state index in [1.807, 2.05) is 24.3 Å². The molecule has 2 heterocycles. The zero-order chi connectivity index (χ0) is 15.4. The topological polar surface area (TPSA) is 58.1 Å². The first-order valence-electron chi connectivity index (χ1n) is 6.78. The molecule has 0 spiro atoms. The van der Waals surface area contributed by atoms with Crippen LogP contribution < -0.4 is 9.80 Å². The quantitative estimate of drug-likeness (QED) is 0.689. The van der Waals surface area contributed by atoms with Crippen LogP contribution in [0.4, 0.5) is 11.5 Å². The monoisotopic (exact) mass is 292 g/mol. The van der Waals surface area contributed by atoms with Crippen molar-refractivity contribution in [2.75, 3.05) is 12.2 Å². The lowest BCUT2D eigenvalue weighted by Gasteiger charge is -2.14. The summed E-state index contributed by atoms with van der Waals surface area (Å²) in [5.74, 6) is 1.01. The van der Waals surface area contributed by atoms with E-state index in [4.69, 9.17) is 4.74 Å². The molecule has 5 heteroatoms. The summed E-state index contributed by atoms with van der Waals surface area (Å²) in [6.07, 6.45) is 1.70. The Labute approximate surface area is 128 Å². The van der Waals surface area contributed by atoms with Crippen LogP contribution in [-0.4, -0.2) is 17.1 Å². The molecule has 5 nitrogen and oxygen atoms in total. The molecule has 0 atom stereocenters. The van der Waals surface area contributed by atoms with Gasteiger partial charge in [-0.1, -0.05) is 17.3 Å². The highest BCUT2D eigenvalue weighted by atomic mass is 16.5. The van der Waals surface area contributed by atoms with Crippen LogP contribution in [0.15, 0.2) is 66.9 Å². The average Bonchev–Trinajstić information content (AvgIpc) is 2.62. The molecule has 1 radical (unpaired) electrons. The molecule has 109 valence electrons. The van der Waals surface area contributed by atoms with Gasteiger partial charge in [0.25, 0.3) is 0 Å². The Hall–Kier alpha value is -2.92. The lowest BCUT2D eigenvalue weighted by molar-refractivity contribution is 0.194. The summed E-state index contributed by atoms with van der Waals surface area (Å²) < 4.78 is 5.09. The third-order valence-electron chi connectivity index (χ3n) is 3.18. The van der Waals surface area contributed by atoms with Gasteiger partial charge in [-0.15, -0.1) is 0 Å². The molecule has 0 aliphatic carbocycles. The van der Waals surface area contributed by atoms with Crippen molar-refractivity contribution in [3.8, 4) is 17.1 Å². The van der Waals surface area contributed by atoms with E-state index in [-0.39, 0.29) is 0 Å². The Morgan fingerprint density at radius 1 is 0.909 bits per heavy atom. The molecule has 0 aliphatic heterocycles. The van der Waals surface area contributed by atoms with Crippen LogP contribution in [0, 0.1) is 0 Å². The van der Waals surface area contributed by atoms with Gasteiger partial charge in [0.1, 0.15) is 5.75 Å². The highest BCUT2D eigenvalue weighted by molar-refractivity contribution is 5.62. The van der Waals surface area contributed by atoms with Crippen molar-refractivity contribution >= 4 is 11.5 Å². The minimum atomic E-state index is 0.313. The molecule has 0 aliphatic rings. The molecule has 0 fully saturated rings. The first kappa shape index (κ1) is 14.0. The summed E-state index contributed by atoms with van der Waals surface area (Å²) >= 11 is 0. The highest BCUT2D eigenvalue weighted by Gasteiger charge is 2.11. The number of methoxy groups -OCH3 is 1. The van der Waals surface area contributed by atoms with Crippen molar-refractivity contribution < 1.29 is 9.94 Å². The van der Waals surface area contributed by atoms with E-state index >= 15 is 0 Å². The Kier molecular flexibility index (Phi) is 3.98. The Balaban J connectivity index is 1.91. The van der Waals surface area contributed by atoms with Gasteiger partial charge in [-0.3, -0.25) is 4.98 Å². The molecule has 0 saturated carbocycles. The smallest absolute Gasteiger partial charge is 0.161 e. The van der Waals surface area contributed by atoms with Gasteiger partial charge >= 0.3 is 0 Å². The van der Waals surface area contributed by atoms with E-state index in [0.717, 1.165) is 10.8 Å². The SMILES string of the molecule is COc1ccc(N([O])c2cccc(-c3ccccn3)n2)cc1. The lowest BCUT2D eigenvalue weighted by Crippen LogP contribution is -2.10. The maximum absolute atomic E-state index is 12.4. The van der Waals surface area contributed by atoms with Crippen LogP contribution in [-0.2, 0) is 5.21 Å². The van der Waals surface area contributed by atoms with Gasteiger partial charge in [0.15, 0.2) is 5.82 Å². The second kappa shape index (κ2) is 6.24. The number of anilines is 2. The fraction of sp³-hybridized carbons (Fsp3) is 0.0588. The number of hydrogen-bond acceptors (Lipinski definition) is 4. The number of hydrogen-bond donors (Lipinski definition) is 0.